The van der Waals surface area contributed by atoms with Gasteiger partial charge in [-0.25, -0.2) is 0 Å². The molecule has 0 radical (unpaired) electrons. The fourth-order valence-corrected chi connectivity index (χ4v) is 1.71. The molecule has 1 heteroatoms. The highest BCUT2D eigenvalue weighted by molar-refractivity contribution is 4.69. The van der Waals surface area contributed by atoms with E-state index in [0.29, 0.717) is 0 Å². The van der Waals surface area contributed by atoms with Crippen molar-refractivity contribution in [3.05, 3.63) is 0 Å². The maximum atomic E-state index is 2.55. The molecule has 1 fully saturated rings. The highest BCUT2D eigenvalue weighted by atomic mass is 15.1. The van der Waals surface area contributed by atoms with Crippen LogP contribution in [0.5, 0.6) is 0 Å². The zero-order valence-corrected chi connectivity index (χ0v) is 9.27. The first-order chi connectivity index (χ1) is 5.86. The lowest BCUT2D eigenvalue weighted by molar-refractivity contribution is 0.190. The van der Waals surface area contributed by atoms with Crippen LogP contribution in [-0.2, 0) is 0 Å². The van der Waals surface area contributed by atoms with Crippen LogP contribution in [0.1, 0.15) is 54.4 Å². The van der Waals surface area contributed by atoms with Gasteiger partial charge in [-0.05, 0) is 38.4 Å². The molecule has 1 saturated heterocycles. The molecule has 0 atom stereocenters. The van der Waals surface area contributed by atoms with Crippen molar-refractivity contribution in [3.8, 4) is 0 Å². The summed E-state index contributed by atoms with van der Waals surface area (Å²) in [6.07, 6.45) is 4.26. The van der Waals surface area contributed by atoms with E-state index in [0.717, 1.165) is 5.92 Å². The normalized spacial score (nSPS) is 18.5. The molecule has 13 heavy (non-hydrogen) atoms. The molecule has 0 aromatic carbocycles. The molecule has 1 heterocycles. The second-order valence-corrected chi connectivity index (χ2v) is 3.29. The predicted octanol–water partition coefficient (Wildman–Crippen LogP) is 3.79. The average Bonchev–Trinajstić information content (AvgIpc) is 2.21. The summed E-state index contributed by atoms with van der Waals surface area (Å²) in [4.78, 5) is 2.55. The summed E-state index contributed by atoms with van der Waals surface area (Å²) in [6.45, 7) is 12.5. The Morgan fingerprint density at radius 2 is 1.54 bits per heavy atom. The number of nitrogens with zero attached hydrogens (tertiary/aromatic N) is 1. The van der Waals surface area contributed by atoms with E-state index in [9.17, 15) is 0 Å². The summed E-state index contributed by atoms with van der Waals surface area (Å²) >= 11 is 0. The summed E-state index contributed by atoms with van der Waals surface area (Å²) in [7, 11) is 0. The maximum absolute atomic E-state index is 2.55. The van der Waals surface area contributed by atoms with E-state index in [1.54, 1.807) is 0 Å². The van der Waals surface area contributed by atoms with Gasteiger partial charge in [-0.2, -0.15) is 0 Å². The quantitative estimate of drug-likeness (QED) is 0.636. The van der Waals surface area contributed by atoms with E-state index in [-0.39, 0.29) is 7.43 Å². The molecule has 0 amide bonds. The van der Waals surface area contributed by atoms with Crippen LogP contribution in [0.15, 0.2) is 0 Å². The van der Waals surface area contributed by atoms with E-state index in [1.807, 2.05) is 13.8 Å². The zero-order chi connectivity index (χ0) is 9.40. The molecule has 0 spiro atoms. The third kappa shape index (κ3) is 6.09. The molecule has 1 nitrogen and oxygen atoms in total. The molecule has 1 rings (SSSR count). The lowest BCUT2D eigenvalue weighted by Crippen LogP contribution is -2.33. The Morgan fingerprint density at radius 3 is 1.85 bits per heavy atom. The fraction of sp³-hybridized carbons (Fsp3) is 1.00. The summed E-state index contributed by atoms with van der Waals surface area (Å²) in [6, 6.07) is 0. The highest BCUT2D eigenvalue weighted by Crippen LogP contribution is 2.19. The third-order valence-corrected chi connectivity index (χ3v) is 2.73. The second-order valence-electron chi connectivity index (χ2n) is 3.29. The first-order valence-corrected chi connectivity index (χ1v) is 5.59. The van der Waals surface area contributed by atoms with E-state index in [1.165, 1.54) is 38.9 Å². The van der Waals surface area contributed by atoms with Crippen LogP contribution in [0.2, 0.25) is 0 Å². The van der Waals surface area contributed by atoms with Crippen molar-refractivity contribution in [2.24, 2.45) is 5.92 Å². The van der Waals surface area contributed by atoms with Crippen LogP contribution in [0.4, 0.5) is 0 Å². The van der Waals surface area contributed by atoms with Gasteiger partial charge in [-0.1, -0.05) is 41.5 Å². The van der Waals surface area contributed by atoms with Crippen molar-refractivity contribution in [3.63, 3.8) is 0 Å². The zero-order valence-electron chi connectivity index (χ0n) is 9.27. The Morgan fingerprint density at radius 1 is 1.08 bits per heavy atom. The third-order valence-electron chi connectivity index (χ3n) is 2.73. The predicted molar refractivity (Wildman–Crippen MR) is 63.2 cm³/mol. The average molecular weight is 187 g/mol. The first-order valence-electron chi connectivity index (χ1n) is 5.59. The maximum Gasteiger partial charge on any atom is -0.00162 e. The summed E-state index contributed by atoms with van der Waals surface area (Å²) in [5.74, 6) is 1.03. The van der Waals surface area contributed by atoms with Crippen molar-refractivity contribution in [2.45, 2.75) is 54.4 Å². The van der Waals surface area contributed by atoms with Crippen LogP contribution in [-0.4, -0.2) is 24.5 Å². The van der Waals surface area contributed by atoms with Crippen LogP contribution < -0.4 is 0 Å². The van der Waals surface area contributed by atoms with Crippen molar-refractivity contribution < 1.29 is 0 Å². The standard InChI is InChI=1S/C9H19N.C2H6.CH4/c1-3-9-5-7-10(4-2)8-6-9;1-2;/h9H,3-8H2,1-2H3;1-2H3;1H4. The van der Waals surface area contributed by atoms with Gasteiger partial charge in [-0.3, -0.25) is 0 Å². The topological polar surface area (TPSA) is 3.24 Å². The van der Waals surface area contributed by atoms with Gasteiger partial charge in [0.1, 0.15) is 0 Å². The minimum Gasteiger partial charge on any atom is -0.304 e. The molecular formula is C12H29N. The molecular weight excluding hydrogens is 158 g/mol. The molecule has 0 bridgehead atoms. The number of piperidine rings is 1. The van der Waals surface area contributed by atoms with Gasteiger partial charge in [-0.15, -0.1) is 0 Å². The minimum atomic E-state index is 0. The van der Waals surface area contributed by atoms with E-state index in [4.69, 9.17) is 0 Å². The van der Waals surface area contributed by atoms with Gasteiger partial charge in [0.2, 0.25) is 0 Å². The van der Waals surface area contributed by atoms with Gasteiger partial charge in [0, 0.05) is 0 Å². The molecule has 0 saturated carbocycles. The smallest absolute Gasteiger partial charge is 0.00162 e. The van der Waals surface area contributed by atoms with Crippen molar-refractivity contribution in [2.75, 3.05) is 19.6 Å². The van der Waals surface area contributed by atoms with Crippen LogP contribution in [0, 0.1) is 5.92 Å². The Kier molecular flexibility index (Phi) is 11.9. The van der Waals surface area contributed by atoms with E-state index in [2.05, 4.69) is 18.7 Å². The molecule has 0 aromatic heterocycles. The number of rotatable bonds is 2. The molecule has 82 valence electrons. The fourth-order valence-electron chi connectivity index (χ4n) is 1.71. The Hall–Kier alpha value is -0.0400. The SMILES string of the molecule is C.CC.CCC1CCN(CC)CC1. The largest absolute Gasteiger partial charge is 0.304 e. The van der Waals surface area contributed by atoms with Gasteiger partial charge >= 0.3 is 0 Å². The Bertz CT molecular complexity index is 71.1. The van der Waals surface area contributed by atoms with E-state index < -0.39 is 0 Å². The molecule has 0 unspecified atom stereocenters. The minimum absolute atomic E-state index is 0. The van der Waals surface area contributed by atoms with Gasteiger partial charge in [0.05, 0.1) is 0 Å². The summed E-state index contributed by atoms with van der Waals surface area (Å²) in [5.41, 5.74) is 0. The monoisotopic (exact) mass is 187 g/mol. The summed E-state index contributed by atoms with van der Waals surface area (Å²) in [5, 5.41) is 0. The number of hydrogen-bond donors (Lipinski definition) is 0. The second kappa shape index (κ2) is 10.0. The Labute approximate surface area is 85.5 Å². The molecule has 0 aromatic rings. The van der Waals surface area contributed by atoms with Gasteiger partial charge < -0.3 is 4.90 Å². The highest BCUT2D eigenvalue weighted by Gasteiger charge is 2.15. The number of hydrogen-bond acceptors (Lipinski definition) is 1. The molecule has 1 aliphatic rings. The molecule has 1 aliphatic heterocycles. The van der Waals surface area contributed by atoms with Crippen molar-refractivity contribution in [1.29, 1.82) is 0 Å². The number of likely N-dealkylation sites (tertiary alicyclic amines) is 1. The molecule has 0 N–H and O–H groups in total. The Balaban J connectivity index is 0. The lowest BCUT2D eigenvalue weighted by Gasteiger charge is -2.30. The van der Waals surface area contributed by atoms with Gasteiger partial charge in [0.25, 0.3) is 0 Å². The van der Waals surface area contributed by atoms with Crippen LogP contribution >= 0.6 is 0 Å². The lowest BCUT2D eigenvalue weighted by atomic mass is 9.95. The van der Waals surface area contributed by atoms with Crippen LogP contribution in [0.3, 0.4) is 0 Å². The summed E-state index contributed by atoms with van der Waals surface area (Å²) < 4.78 is 0. The first kappa shape index (κ1) is 15.4. The van der Waals surface area contributed by atoms with Crippen molar-refractivity contribution >= 4 is 0 Å². The molecule has 0 aliphatic carbocycles. The van der Waals surface area contributed by atoms with Gasteiger partial charge in [0.15, 0.2) is 0 Å². The van der Waals surface area contributed by atoms with E-state index >= 15 is 0 Å². The van der Waals surface area contributed by atoms with Crippen LogP contribution in [0.25, 0.3) is 0 Å². The van der Waals surface area contributed by atoms with Crippen molar-refractivity contribution in [1.82, 2.24) is 4.90 Å².